The average molecular weight is 511 g/mol. The standard InChI is InChI=1S/C23H37N5.HI/c1-2-24-23(25-15-20-12-14-28(18-20)21-10-11-21)26-16-22-9-6-13-27(22)17-19-7-4-3-5-8-19;/h3-5,7-8,20-22H,2,6,9-18H2,1H3,(H2,24,25,26);1H. The van der Waals surface area contributed by atoms with E-state index in [1.807, 2.05) is 0 Å². The number of aliphatic imine (C=N–C) groups is 1. The summed E-state index contributed by atoms with van der Waals surface area (Å²) < 4.78 is 0. The van der Waals surface area contributed by atoms with E-state index < -0.39 is 0 Å². The van der Waals surface area contributed by atoms with Gasteiger partial charge in [0, 0.05) is 44.8 Å². The molecule has 1 aromatic rings. The van der Waals surface area contributed by atoms with Crippen LogP contribution < -0.4 is 10.6 Å². The first-order valence-electron chi connectivity index (χ1n) is 11.4. The van der Waals surface area contributed by atoms with Gasteiger partial charge >= 0.3 is 0 Å². The Labute approximate surface area is 193 Å². The summed E-state index contributed by atoms with van der Waals surface area (Å²) in [5.41, 5.74) is 1.41. The van der Waals surface area contributed by atoms with Gasteiger partial charge in [-0.25, -0.2) is 0 Å². The number of nitrogens with one attached hydrogen (secondary N) is 2. The SMILES string of the molecule is CCNC(=NCC1CCN(C2CC2)C1)NCC1CCCN1Cc1ccccc1.I. The summed E-state index contributed by atoms with van der Waals surface area (Å²) in [5, 5.41) is 7.08. The van der Waals surface area contributed by atoms with Crippen LogP contribution in [0.2, 0.25) is 0 Å². The first-order valence-corrected chi connectivity index (χ1v) is 11.4. The van der Waals surface area contributed by atoms with Crippen LogP contribution in [0.1, 0.15) is 44.6 Å². The molecule has 0 aromatic heterocycles. The molecule has 5 nitrogen and oxygen atoms in total. The zero-order valence-electron chi connectivity index (χ0n) is 17.9. The largest absolute Gasteiger partial charge is 0.357 e. The van der Waals surface area contributed by atoms with Crippen LogP contribution >= 0.6 is 24.0 Å². The highest BCUT2D eigenvalue weighted by Gasteiger charge is 2.34. The third-order valence-electron chi connectivity index (χ3n) is 6.47. The van der Waals surface area contributed by atoms with Gasteiger partial charge in [-0.05, 0) is 63.6 Å². The Bertz CT molecular complexity index is 633. The Morgan fingerprint density at radius 2 is 1.90 bits per heavy atom. The van der Waals surface area contributed by atoms with Gasteiger partial charge in [-0.2, -0.15) is 0 Å². The van der Waals surface area contributed by atoms with Crippen molar-refractivity contribution in [3.8, 4) is 0 Å². The van der Waals surface area contributed by atoms with Crippen LogP contribution in [0.5, 0.6) is 0 Å². The molecule has 0 radical (unpaired) electrons. The molecule has 2 N–H and O–H groups in total. The van der Waals surface area contributed by atoms with Crippen LogP contribution in [0.3, 0.4) is 0 Å². The van der Waals surface area contributed by atoms with Crippen molar-refractivity contribution in [2.75, 3.05) is 39.3 Å². The number of rotatable bonds is 8. The van der Waals surface area contributed by atoms with Gasteiger partial charge in [-0.1, -0.05) is 30.3 Å². The average Bonchev–Trinajstić information content (AvgIpc) is 3.30. The molecule has 0 bridgehead atoms. The Balaban J connectivity index is 0.00000240. The lowest BCUT2D eigenvalue weighted by molar-refractivity contribution is 0.245. The van der Waals surface area contributed by atoms with E-state index in [4.69, 9.17) is 4.99 Å². The number of halogens is 1. The molecule has 2 atom stereocenters. The van der Waals surface area contributed by atoms with E-state index in [1.54, 1.807) is 0 Å². The van der Waals surface area contributed by atoms with E-state index in [1.165, 1.54) is 57.3 Å². The fourth-order valence-electron chi connectivity index (χ4n) is 4.71. The van der Waals surface area contributed by atoms with Gasteiger partial charge < -0.3 is 15.5 Å². The quantitative estimate of drug-likeness (QED) is 0.320. The zero-order valence-corrected chi connectivity index (χ0v) is 20.2. The van der Waals surface area contributed by atoms with Crippen molar-refractivity contribution >= 4 is 29.9 Å². The van der Waals surface area contributed by atoms with Gasteiger partial charge in [0.05, 0.1) is 0 Å². The second kappa shape index (κ2) is 11.5. The molecule has 2 heterocycles. The summed E-state index contributed by atoms with van der Waals surface area (Å²) in [4.78, 5) is 10.2. The molecule has 162 valence electrons. The van der Waals surface area contributed by atoms with Crippen molar-refractivity contribution in [2.24, 2.45) is 10.9 Å². The fourth-order valence-corrected chi connectivity index (χ4v) is 4.71. The minimum absolute atomic E-state index is 0. The van der Waals surface area contributed by atoms with Crippen molar-refractivity contribution in [1.82, 2.24) is 20.4 Å². The third kappa shape index (κ3) is 6.82. The fraction of sp³-hybridized carbons (Fsp3) is 0.696. The van der Waals surface area contributed by atoms with E-state index in [9.17, 15) is 0 Å². The number of hydrogen-bond acceptors (Lipinski definition) is 3. The lowest BCUT2D eigenvalue weighted by atomic mass is 10.1. The normalized spacial score (nSPS) is 25.8. The molecule has 1 saturated carbocycles. The predicted molar refractivity (Wildman–Crippen MR) is 132 cm³/mol. The van der Waals surface area contributed by atoms with Crippen LogP contribution in [-0.2, 0) is 6.54 Å². The van der Waals surface area contributed by atoms with Crippen LogP contribution in [0.15, 0.2) is 35.3 Å². The van der Waals surface area contributed by atoms with Crippen molar-refractivity contribution < 1.29 is 0 Å². The van der Waals surface area contributed by atoms with Crippen molar-refractivity contribution in [1.29, 1.82) is 0 Å². The predicted octanol–water partition coefficient (Wildman–Crippen LogP) is 3.31. The summed E-state index contributed by atoms with van der Waals surface area (Å²) in [6.45, 7) is 9.80. The van der Waals surface area contributed by atoms with Gasteiger partial charge in [0.25, 0.3) is 0 Å². The molecule has 2 unspecified atom stereocenters. The van der Waals surface area contributed by atoms with Crippen molar-refractivity contribution in [3.63, 3.8) is 0 Å². The number of likely N-dealkylation sites (tertiary alicyclic amines) is 2. The third-order valence-corrected chi connectivity index (χ3v) is 6.47. The molecule has 6 heteroatoms. The number of benzene rings is 1. The monoisotopic (exact) mass is 511 g/mol. The lowest BCUT2D eigenvalue weighted by Crippen LogP contribution is -2.45. The summed E-state index contributed by atoms with van der Waals surface area (Å²) in [6.07, 6.45) is 6.72. The van der Waals surface area contributed by atoms with Gasteiger partial charge in [-0.3, -0.25) is 9.89 Å². The second-order valence-corrected chi connectivity index (χ2v) is 8.73. The Kier molecular flexibility index (Phi) is 9.06. The van der Waals surface area contributed by atoms with Crippen molar-refractivity contribution in [3.05, 3.63) is 35.9 Å². The van der Waals surface area contributed by atoms with Crippen LogP contribution in [0, 0.1) is 5.92 Å². The number of nitrogens with zero attached hydrogens (tertiary/aromatic N) is 3. The molecule has 1 aliphatic carbocycles. The van der Waals surface area contributed by atoms with E-state index >= 15 is 0 Å². The molecule has 2 saturated heterocycles. The summed E-state index contributed by atoms with van der Waals surface area (Å²) >= 11 is 0. The molecule has 0 spiro atoms. The van der Waals surface area contributed by atoms with Crippen LogP contribution in [0.25, 0.3) is 0 Å². The van der Waals surface area contributed by atoms with Crippen LogP contribution in [0.4, 0.5) is 0 Å². The van der Waals surface area contributed by atoms with E-state index in [0.717, 1.165) is 44.1 Å². The van der Waals surface area contributed by atoms with Gasteiger partial charge in [0.1, 0.15) is 0 Å². The Morgan fingerprint density at radius 3 is 2.66 bits per heavy atom. The maximum Gasteiger partial charge on any atom is 0.191 e. The minimum Gasteiger partial charge on any atom is -0.357 e. The second-order valence-electron chi connectivity index (χ2n) is 8.73. The molecule has 0 amide bonds. The number of hydrogen-bond donors (Lipinski definition) is 2. The summed E-state index contributed by atoms with van der Waals surface area (Å²) in [6, 6.07) is 12.4. The zero-order chi connectivity index (χ0) is 19.2. The topological polar surface area (TPSA) is 42.9 Å². The summed E-state index contributed by atoms with van der Waals surface area (Å²) in [5.74, 6) is 1.73. The van der Waals surface area contributed by atoms with Gasteiger partial charge in [0.15, 0.2) is 5.96 Å². The van der Waals surface area contributed by atoms with Crippen LogP contribution in [-0.4, -0.2) is 67.1 Å². The first-order chi connectivity index (χ1) is 13.8. The molecule has 2 aliphatic heterocycles. The Morgan fingerprint density at radius 1 is 1.07 bits per heavy atom. The highest BCUT2D eigenvalue weighted by Crippen LogP contribution is 2.31. The smallest absolute Gasteiger partial charge is 0.191 e. The molecule has 3 fully saturated rings. The minimum atomic E-state index is 0. The summed E-state index contributed by atoms with van der Waals surface area (Å²) in [7, 11) is 0. The first kappa shape index (κ1) is 22.8. The highest BCUT2D eigenvalue weighted by molar-refractivity contribution is 14.0. The maximum atomic E-state index is 4.93. The molecule has 4 rings (SSSR count). The van der Waals surface area contributed by atoms with Gasteiger partial charge in [-0.15, -0.1) is 24.0 Å². The van der Waals surface area contributed by atoms with Crippen molar-refractivity contribution in [2.45, 2.75) is 57.7 Å². The molecular weight excluding hydrogens is 473 g/mol. The lowest BCUT2D eigenvalue weighted by Gasteiger charge is -2.25. The molecule has 3 aliphatic rings. The molecule has 29 heavy (non-hydrogen) atoms. The Hall–Kier alpha value is -0.860. The molecule has 1 aromatic carbocycles. The maximum absolute atomic E-state index is 4.93. The van der Waals surface area contributed by atoms with E-state index in [-0.39, 0.29) is 24.0 Å². The molecular formula is C23H38IN5. The number of guanidine groups is 1. The van der Waals surface area contributed by atoms with E-state index in [0.29, 0.717) is 6.04 Å². The van der Waals surface area contributed by atoms with E-state index in [2.05, 4.69) is 57.7 Å². The highest BCUT2D eigenvalue weighted by atomic mass is 127. The van der Waals surface area contributed by atoms with Gasteiger partial charge in [0.2, 0.25) is 0 Å².